The Kier molecular flexibility index (Phi) is 7.00. The minimum Gasteiger partial charge on any atom is -0.486 e. The lowest BCUT2D eigenvalue weighted by Crippen LogP contribution is -2.28. The van der Waals surface area contributed by atoms with Crippen LogP contribution < -0.4 is 15.4 Å². The maximum absolute atomic E-state index is 14.4. The zero-order valence-electron chi connectivity index (χ0n) is 20.7. The molecule has 5 rings (SSSR count). The molecule has 12 heteroatoms. The number of Topliss-reactive ketones (excluding diaryl/α,β-unsaturated/α-hetero) is 1. The third kappa shape index (κ3) is 5.44. The molecule has 39 heavy (non-hydrogen) atoms. The Hall–Kier alpha value is -5.13. The van der Waals surface area contributed by atoms with Gasteiger partial charge in [-0.1, -0.05) is 18.2 Å². The van der Waals surface area contributed by atoms with Crippen LogP contribution in [0.5, 0.6) is 5.75 Å². The van der Waals surface area contributed by atoms with Crippen LogP contribution in [0.15, 0.2) is 54.7 Å². The van der Waals surface area contributed by atoms with E-state index in [2.05, 4.69) is 20.7 Å². The monoisotopic (exact) mass is 531 g/mol. The van der Waals surface area contributed by atoms with E-state index >= 15 is 0 Å². The third-order valence-corrected chi connectivity index (χ3v) is 6.05. The first kappa shape index (κ1) is 25.5. The molecule has 0 radical (unpaired) electrons. The number of amides is 2. The van der Waals surface area contributed by atoms with Gasteiger partial charge in [0.1, 0.15) is 23.7 Å². The van der Waals surface area contributed by atoms with Gasteiger partial charge in [-0.05, 0) is 35.4 Å². The van der Waals surface area contributed by atoms with Crippen LogP contribution in [0, 0.1) is 5.82 Å². The first-order chi connectivity index (χ1) is 18.8. The van der Waals surface area contributed by atoms with Gasteiger partial charge in [0.15, 0.2) is 17.2 Å². The van der Waals surface area contributed by atoms with Gasteiger partial charge < -0.3 is 20.1 Å². The van der Waals surface area contributed by atoms with Crippen molar-refractivity contribution in [2.75, 3.05) is 13.7 Å². The summed E-state index contributed by atoms with van der Waals surface area (Å²) >= 11 is 0. The quantitative estimate of drug-likeness (QED) is 0.345. The standard InChI is InChI=1S/C27H22FN5O6/c1-38-27(37)17-4-2-3-15(7-17)11-30-26(36)22-10-21(32-24-20(28)13-31-33(22)24)25(35)29-12-16-5-6-23-18(8-16)9-19(34)14-39-23/h2-8,10,13H,9,11-12,14H2,1H3,(H,29,35)(H,30,36). The van der Waals surface area contributed by atoms with Crippen LogP contribution in [0.1, 0.15) is 48.0 Å². The van der Waals surface area contributed by atoms with Gasteiger partial charge in [-0.15, -0.1) is 0 Å². The molecule has 198 valence electrons. The summed E-state index contributed by atoms with van der Waals surface area (Å²) < 4.78 is 25.5. The number of nitrogens with one attached hydrogen (secondary N) is 2. The van der Waals surface area contributed by atoms with Crippen molar-refractivity contribution in [3.05, 3.63) is 94.2 Å². The van der Waals surface area contributed by atoms with E-state index in [0.717, 1.165) is 21.8 Å². The van der Waals surface area contributed by atoms with Crippen LogP contribution in [0.25, 0.3) is 5.65 Å². The number of aromatic nitrogens is 3. The molecule has 1 aliphatic rings. The highest BCUT2D eigenvalue weighted by Gasteiger charge is 2.21. The van der Waals surface area contributed by atoms with Gasteiger partial charge in [0.25, 0.3) is 11.8 Å². The number of hydrogen-bond acceptors (Lipinski definition) is 8. The van der Waals surface area contributed by atoms with E-state index in [1.807, 2.05) is 0 Å². The van der Waals surface area contributed by atoms with E-state index in [9.17, 15) is 23.6 Å². The van der Waals surface area contributed by atoms with Crippen LogP contribution in [-0.2, 0) is 29.0 Å². The lowest BCUT2D eigenvalue weighted by molar-refractivity contribution is -0.121. The molecular formula is C27H22FN5O6. The molecule has 2 aromatic carbocycles. The van der Waals surface area contributed by atoms with Gasteiger partial charge in [-0.2, -0.15) is 5.10 Å². The molecule has 0 bridgehead atoms. The second-order valence-corrected chi connectivity index (χ2v) is 8.76. The summed E-state index contributed by atoms with van der Waals surface area (Å²) in [5.41, 5.74) is 1.82. The molecule has 11 nitrogen and oxygen atoms in total. The molecule has 0 fully saturated rings. The number of nitrogens with zero attached hydrogens (tertiary/aromatic N) is 3. The van der Waals surface area contributed by atoms with E-state index in [-0.39, 0.29) is 48.9 Å². The third-order valence-electron chi connectivity index (χ3n) is 6.05. The molecule has 0 atom stereocenters. The predicted octanol–water partition coefficient (Wildman–Crippen LogP) is 2.02. The number of halogens is 1. The molecule has 0 aliphatic carbocycles. The molecule has 2 N–H and O–H groups in total. The maximum Gasteiger partial charge on any atom is 0.337 e. The summed E-state index contributed by atoms with van der Waals surface area (Å²) in [5.74, 6) is -2.00. The number of methoxy groups -OCH3 is 1. The van der Waals surface area contributed by atoms with Crippen molar-refractivity contribution in [1.82, 2.24) is 25.2 Å². The van der Waals surface area contributed by atoms with Gasteiger partial charge in [-0.25, -0.2) is 18.7 Å². The van der Waals surface area contributed by atoms with Gasteiger partial charge in [0.2, 0.25) is 0 Å². The molecule has 1 aliphatic heterocycles. The summed E-state index contributed by atoms with van der Waals surface area (Å²) in [4.78, 5) is 53.5. The summed E-state index contributed by atoms with van der Waals surface area (Å²) in [5, 5.41) is 9.26. The molecule has 2 aromatic heterocycles. The molecule has 3 heterocycles. The van der Waals surface area contributed by atoms with Crippen molar-refractivity contribution in [2.24, 2.45) is 0 Å². The van der Waals surface area contributed by atoms with Crippen molar-refractivity contribution in [2.45, 2.75) is 19.5 Å². The number of esters is 1. The van der Waals surface area contributed by atoms with Gasteiger partial charge in [0, 0.05) is 31.1 Å². The second kappa shape index (κ2) is 10.7. The number of hydrogen-bond donors (Lipinski definition) is 2. The highest BCUT2D eigenvalue weighted by Crippen LogP contribution is 2.24. The van der Waals surface area contributed by atoms with Crippen LogP contribution in [0.3, 0.4) is 0 Å². The molecular weight excluding hydrogens is 509 g/mol. The number of carbonyl (C=O) groups is 4. The Morgan fingerprint density at radius 1 is 1.05 bits per heavy atom. The Labute approximate surface area is 220 Å². The van der Waals surface area contributed by atoms with Crippen molar-refractivity contribution in [3.8, 4) is 5.75 Å². The number of rotatable bonds is 7. The normalized spacial score (nSPS) is 12.4. The Morgan fingerprint density at radius 2 is 1.82 bits per heavy atom. The van der Waals surface area contributed by atoms with Gasteiger partial charge in [-0.3, -0.25) is 14.4 Å². The number of benzene rings is 2. The van der Waals surface area contributed by atoms with E-state index in [1.54, 1.807) is 42.5 Å². The van der Waals surface area contributed by atoms with Crippen LogP contribution in [0.4, 0.5) is 4.39 Å². The van der Waals surface area contributed by atoms with Gasteiger partial charge >= 0.3 is 5.97 Å². The zero-order chi connectivity index (χ0) is 27.5. The van der Waals surface area contributed by atoms with Crippen molar-refractivity contribution >= 4 is 29.2 Å². The first-order valence-electron chi connectivity index (χ1n) is 11.9. The Bertz CT molecular complexity index is 1630. The maximum atomic E-state index is 14.4. The van der Waals surface area contributed by atoms with Crippen LogP contribution >= 0.6 is 0 Å². The molecule has 0 spiro atoms. The fourth-order valence-electron chi connectivity index (χ4n) is 4.13. The number of fused-ring (bicyclic) bond motifs is 2. The van der Waals surface area contributed by atoms with Crippen molar-refractivity contribution in [1.29, 1.82) is 0 Å². The number of ketones is 1. The molecule has 2 amide bonds. The largest absolute Gasteiger partial charge is 0.486 e. The summed E-state index contributed by atoms with van der Waals surface area (Å²) in [6.07, 6.45) is 1.15. The van der Waals surface area contributed by atoms with Crippen molar-refractivity contribution < 1.29 is 33.0 Å². The lowest BCUT2D eigenvalue weighted by atomic mass is 10.0. The molecule has 0 unspecified atom stereocenters. The summed E-state index contributed by atoms with van der Waals surface area (Å²) in [7, 11) is 1.27. The average molecular weight is 532 g/mol. The molecule has 0 saturated heterocycles. The Morgan fingerprint density at radius 3 is 2.62 bits per heavy atom. The molecule has 4 aromatic rings. The topological polar surface area (TPSA) is 141 Å². The SMILES string of the molecule is COC(=O)c1cccc(CNC(=O)c2cc(C(=O)NCc3ccc4c(c3)CC(=O)CO4)nc3c(F)cnn23)c1. The fraction of sp³-hybridized carbons (Fsp3) is 0.185. The zero-order valence-corrected chi connectivity index (χ0v) is 20.7. The fourth-order valence-corrected chi connectivity index (χ4v) is 4.13. The summed E-state index contributed by atoms with van der Waals surface area (Å²) in [6.45, 7) is 0.189. The molecule has 0 saturated carbocycles. The van der Waals surface area contributed by atoms with Crippen LogP contribution in [0.2, 0.25) is 0 Å². The Balaban J connectivity index is 1.33. The minimum absolute atomic E-state index is 0.0361. The van der Waals surface area contributed by atoms with Crippen molar-refractivity contribution in [3.63, 3.8) is 0 Å². The average Bonchev–Trinajstić information content (AvgIpc) is 3.33. The minimum atomic E-state index is -0.802. The highest BCUT2D eigenvalue weighted by atomic mass is 19.1. The van der Waals surface area contributed by atoms with E-state index in [4.69, 9.17) is 9.47 Å². The van der Waals surface area contributed by atoms with Crippen LogP contribution in [-0.4, -0.2) is 51.9 Å². The van der Waals surface area contributed by atoms with E-state index < -0.39 is 23.6 Å². The number of ether oxygens (including phenoxy) is 2. The second-order valence-electron chi connectivity index (χ2n) is 8.76. The van der Waals surface area contributed by atoms with Gasteiger partial charge in [0.05, 0.1) is 18.9 Å². The highest BCUT2D eigenvalue weighted by molar-refractivity contribution is 5.98. The van der Waals surface area contributed by atoms with E-state index in [0.29, 0.717) is 16.9 Å². The van der Waals surface area contributed by atoms with E-state index in [1.165, 1.54) is 13.2 Å². The summed E-state index contributed by atoms with van der Waals surface area (Å²) in [6, 6.07) is 13.0. The number of carbonyl (C=O) groups excluding carboxylic acids is 4. The lowest BCUT2D eigenvalue weighted by Gasteiger charge is -2.17. The smallest absolute Gasteiger partial charge is 0.337 e. The predicted molar refractivity (Wildman–Crippen MR) is 134 cm³/mol. The first-order valence-corrected chi connectivity index (χ1v) is 11.9.